The van der Waals surface area contributed by atoms with Crippen LogP contribution in [0, 0.1) is 0 Å². The molecule has 92 valence electrons. The molecule has 0 fully saturated rings. The number of nitrogens with one attached hydrogen (secondary N) is 1. The Hall–Kier alpha value is -1.26. The van der Waals surface area contributed by atoms with E-state index in [-0.39, 0.29) is 0 Å². The van der Waals surface area contributed by atoms with Gasteiger partial charge in [-0.25, -0.2) is 5.01 Å². The van der Waals surface area contributed by atoms with Crippen LogP contribution < -0.4 is 5.32 Å². The van der Waals surface area contributed by atoms with E-state index in [1.807, 2.05) is 0 Å². The summed E-state index contributed by atoms with van der Waals surface area (Å²) in [6, 6.07) is 5.32. The van der Waals surface area contributed by atoms with E-state index in [0.717, 1.165) is 0 Å². The molecule has 0 aliphatic carbocycles. The minimum absolute atomic E-state index is 0.564. The Labute approximate surface area is 111 Å². The number of nitrogens with zero attached hydrogens (tertiary/aromatic N) is 3. The van der Waals surface area contributed by atoms with Crippen molar-refractivity contribution >= 4 is 35.4 Å². The molecule has 17 heavy (non-hydrogen) atoms. The maximum absolute atomic E-state index is 6.02. The Morgan fingerprint density at radius 1 is 1.35 bits per heavy atom. The molecule has 0 atom stereocenters. The summed E-state index contributed by atoms with van der Waals surface area (Å²) in [5, 5.41) is 9.84. The van der Waals surface area contributed by atoms with Gasteiger partial charge in [0.15, 0.2) is 0 Å². The summed E-state index contributed by atoms with van der Waals surface area (Å²) >= 11 is 12.0. The van der Waals surface area contributed by atoms with Crippen molar-refractivity contribution in [2.24, 2.45) is 10.1 Å². The number of hydrogen-bond acceptors (Lipinski definition) is 2. The van der Waals surface area contributed by atoms with E-state index < -0.39 is 0 Å². The summed E-state index contributed by atoms with van der Waals surface area (Å²) < 4.78 is 0. The molecule has 0 aliphatic heterocycles. The van der Waals surface area contributed by atoms with E-state index >= 15 is 0 Å². The van der Waals surface area contributed by atoms with Gasteiger partial charge in [0.2, 0.25) is 5.96 Å². The van der Waals surface area contributed by atoms with Gasteiger partial charge in [0, 0.05) is 26.7 Å². The number of benzene rings is 1. The molecule has 0 saturated carbocycles. The van der Waals surface area contributed by atoms with E-state index in [9.17, 15) is 0 Å². The molecule has 4 nitrogen and oxygen atoms in total. The smallest absolute Gasteiger partial charge is 0.213 e. The summed E-state index contributed by atoms with van der Waals surface area (Å²) in [7, 11) is 5.23. The predicted octanol–water partition coefficient (Wildman–Crippen LogP) is 2.46. The van der Waals surface area contributed by atoms with Crippen molar-refractivity contribution in [2.45, 2.75) is 0 Å². The quantitative estimate of drug-likeness (QED) is 0.511. The Morgan fingerprint density at radius 3 is 2.41 bits per heavy atom. The molecular formula is C11H14Cl2N4. The average Bonchev–Trinajstić information content (AvgIpc) is 2.30. The Bertz CT molecular complexity index is 423. The molecule has 6 heteroatoms. The van der Waals surface area contributed by atoms with Crippen molar-refractivity contribution in [2.75, 3.05) is 21.1 Å². The highest BCUT2D eigenvalue weighted by atomic mass is 35.5. The molecule has 1 rings (SSSR count). The van der Waals surface area contributed by atoms with Crippen LogP contribution in [0.25, 0.3) is 0 Å². The van der Waals surface area contributed by atoms with Gasteiger partial charge < -0.3 is 5.32 Å². The Kier molecular flexibility index (Phi) is 5.25. The van der Waals surface area contributed by atoms with Crippen LogP contribution in [0.2, 0.25) is 10.0 Å². The molecule has 0 spiro atoms. The Morgan fingerprint density at radius 2 is 1.94 bits per heavy atom. The number of rotatable bonds is 2. The number of aliphatic imine (C=N–C) groups is 1. The first-order valence-corrected chi connectivity index (χ1v) is 5.72. The number of guanidine groups is 1. The van der Waals surface area contributed by atoms with Crippen LogP contribution in [0.4, 0.5) is 0 Å². The van der Waals surface area contributed by atoms with Crippen molar-refractivity contribution in [1.82, 2.24) is 10.3 Å². The zero-order chi connectivity index (χ0) is 12.8. The van der Waals surface area contributed by atoms with Crippen LogP contribution in [-0.4, -0.2) is 38.3 Å². The molecule has 0 unspecified atom stereocenters. The first-order chi connectivity index (χ1) is 8.10. The maximum atomic E-state index is 6.02. The van der Waals surface area contributed by atoms with E-state index in [4.69, 9.17) is 23.2 Å². The molecule has 0 aliphatic rings. The second-order valence-corrected chi connectivity index (χ2v) is 4.02. The molecule has 1 aromatic carbocycles. The minimum Gasteiger partial charge on any atom is -0.358 e. The van der Waals surface area contributed by atoms with E-state index in [1.54, 1.807) is 50.6 Å². The van der Waals surface area contributed by atoms with Gasteiger partial charge >= 0.3 is 0 Å². The largest absolute Gasteiger partial charge is 0.358 e. The lowest BCUT2D eigenvalue weighted by atomic mass is 10.2. The van der Waals surface area contributed by atoms with Gasteiger partial charge in [-0.15, -0.1) is 0 Å². The second kappa shape index (κ2) is 6.47. The van der Waals surface area contributed by atoms with Gasteiger partial charge in [-0.3, -0.25) is 4.99 Å². The molecular weight excluding hydrogens is 259 g/mol. The number of hydrazone groups is 1. The topological polar surface area (TPSA) is 40.0 Å². The highest BCUT2D eigenvalue weighted by molar-refractivity contribution is 6.38. The first-order valence-electron chi connectivity index (χ1n) is 4.96. The van der Waals surface area contributed by atoms with Gasteiger partial charge in [-0.2, -0.15) is 5.10 Å². The predicted molar refractivity (Wildman–Crippen MR) is 74.2 cm³/mol. The van der Waals surface area contributed by atoms with Crippen LogP contribution in [-0.2, 0) is 0 Å². The van der Waals surface area contributed by atoms with Gasteiger partial charge in [-0.1, -0.05) is 29.3 Å². The fraction of sp³-hybridized carbons (Fsp3) is 0.273. The van der Waals surface area contributed by atoms with Gasteiger partial charge in [0.05, 0.1) is 16.3 Å². The van der Waals surface area contributed by atoms with Crippen molar-refractivity contribution in [3.63, 3.8) is 0 Å². The molecule has 0 aromatic heterocycles. The fourth-order valence-corrected chi connectivity index (χ4v) is 1.75. The molecule has 1 N–H and O–H groups in total. The van der Waals surface area contributed by atoms with Crippen LogP contribution in [0.3, 0.4) is 0 Å². The minimum atomic E-state index is 0.564. The Balaban J connectivity index is 2.91. The van der Waals surface area contributed by atoms with Crippen LogP contribution in [0.5, 0.6) is 0 Å². The lowest BCUT2D eigenvalue weighted by Gasteiger charge is -2.14. The molecule has 0 heterocycles. The van der Waals surface area contributed by atoms with E-state index in [1.165, 1.54) is 0 Å². The summed E-state index contributed by atoms with van der Waals surface area (Å²) in [6.45, 7) is 0. The van der Waals surface area contributed by atoms with Gasteiger partial charge in [-0.05, 0) is 12.1 Å². The van der Waals surface area contributed by atoms with Crippen LogP contribution >= 0.6 is 23.2 Å². The van der Waals surface area contributed by atoms with Gasteiger partial charge in [0.1, 0.15) is 0 Å². The highest BCUT2D eigenvalue weighted by Gasteiger charge is 2.04. The summed E-state index contributed by atoms with van der Waals surface area (Å²) in [5.74, 6) is 0.643. The van der Waals surface area contributed by atoms with Gasteiger partial charge in [0.25, 0.3) is 0 Å². The number of hydrogen-bond donors (Lipinski definition) is 1. The first kappa shape index (κ1) is 13.8. The standard InChI is InChI=1S/C11H14Cl2N4/c1-14-11(15-2)17(3)16-7-8-9(12)5-4-6-10(8)13/h4-7H,1-3H3,(H,14,15)/b16-7+. The molecule has 1 aromatic rings. The fourth-order valence-electron chi connectivity index (χ4n) is 1.25. The SMILES string of the molecule is CN=C(NC)N(C)/N=C/c1c(Cl)cccc1Cl. The third kappa shape index (κ3) is 3.61. The van der Waals surface area contributed by atoms with Crippen LogP contribution in [0.15, 0.2) is 28.3 Å². The second-order valence-electron chi connectivity index (χ2n) is 3.20. The normalized spacial score (nSPS) is 11.9. The maximum Gasteiger partial charge on any atom is 0.213 e. The lowest BCUT2D eigenvalue weighted by Crippen LogP contribution is -2.33. The molecule has 0 saturated heterocycles. The monoisotopic (exact) mass is 272 g/mol. The van der Waals surface area contributed by atoms with Crippen molar-refractivity contribution < 1.29 is 0 Å². The third-order valence-electron chi connectivity index (χ3n) is 2.10. The third-order valence-corrected chi connectivity index (χ3v) is 2.76. The lowest BCUT2D eigenvalue weighted by molar-refractivity contribution is 0.526. The molecule has 0 amide bonds. The summed E-state index contributed by atoms with van der Waals surface area (Å²) in [6.07, 6.45) is 1.60. The summed E-state index contributed by atoms with van der Waals surface area (Å²) in [5.41, 5.74) is 0.689. The van der Waals surface area contributed by atoms with Crippen molar-refractivity contribution in [3.05, 3.63) is 33.8 Å². The molecule has 0 radical (unpaired) electrons. The summed E-state index contributed by atoms with van der Waals surface area (Å²) in [4.78, 5) is 4.02. The number of halogens is 2. The molecule has 0 bridgehead atoms. The van der Waals surface area contributed by atoms with Crippen LogP contribution in [0.1, 0.15) is 5.56 Å². The van der Waals surface area contributed by atoms with Crippen molar-refractivity contribution in [1.29, 1.82) is 0 Å². The highest BCUT2D eigenvalue weighted by Crippen LogP contribution is 2.22. The average molecular weight is 273 g/mol. The zero-order valence-corrected chi connectivity index (χ0v) is 11.4. The van der Waals surface area contributed by atoms with Crippen molar-refractivity contribution in [3.8, 4) is 0 Å². The van der Waals surface area contributed by atoms with E-state index in [0.29, 0.717) is 21.6 Å². The van der Waals surface area contributed by atoms with E-state index in [2.05, 4.69) is 15.4 Å². The zero-order valence-electron chi connectivity index (χ0n) is 9.91.